The molecule has 1 aromatic heterocycles. The molecule has 0 amide bonds. The van der Waals surface area contributed by atoms with Crippen molar-refractivity contribution in [2.24, 2.45) is 0 Å². The number of nitrogen functional groups attached to an aromatic ring is 1. The van der Waals surface area contributed by atoms with Gasteiger partial charge in [-0.2, -0.15) is 0 Å². The van der Waals surface area contributed by atoms with Gasteiger partial charge in [0.05, 0.1) is 15.0 Å². The van der Waals surface area contributed by atoms with Crippen molar-refractivity contribution in [1.29, 1.82) is 0 Å². The number of hydrogen-bond donors (Lipinski definition) is 1. The number of rotatable bonds is 1. The minimum atomic E-state index is 0.576. The van der Waals surface area contributed by atoms with Gasteiger partial charge < -0.3 is 5.73 Å². The van der Waals surface area contributed by atoms with Crippen LogP contribution in [0.25, 0.3) is 10.4 Å². The Balaban J connectivity index is 2.47. The lowest BCUT2D eigenvalue weighted by atomic mass is 10.2. The van der Waals surface area contributed by atoms with Crippen molar-refractivity contribution in [2.45, 2.75) is 0 Å². The van der Waals surface area contributed by atoms with E-state index in [-0.39, 0.29) is 0 Å². The molecule has 1 aromatic carbocycles. The van der Waals surface area contributed by atoms with Crippen LogP contribution in [0.3, 0.4) is 0 Å². The second-order valence-electron chi connectivity index (χ2n) is 2.84. The van der Waals surface area contributed by atoms with Gasteiger partial charge in [0.15, 0.2) is 0 Å². The first-order chi connectivity index (χ1) is 6.66. The summed E-state index contributed by atoms with van der Waals surface area (Å²) < 4.78 is 0.771. The number of anilines is 1. The van der Waals surface area contributed by atoms with Crippen molar-refractivity contribution < 1.29 is 0 Å². The molecule has 1 heterocycles. The third kappa shape index (κ3) is 1.87. The summed E-state index contributed by atoms with van der Waals surface area (Å²) in [6, 6.07) is 9.41. The van der Waals surface area contributed by atoms with E-state index in [0.29, 0.717) is 10.7 Å². The zero-order chi connectivity index (χ0) is 10.1. The predicted octanol–water partition coefficient (Wildman–Crippen LogP) is 4.30. The van der Waals surface area contributed by atoms with E-state index < -0.39 is 0 Å². The van der Waals surface area contributed by atoms with Crippen LogP contribution < -0.4 is 5.73 Å². The molecule has 2 N–H and O–H groups in total. The van der Waals surface area contributed by atoms with Crippen molar-refractivity contribution in [2.75, 3.05) is 5.73 Å². The fraction of sp³-hybridized carbons (Fsp3) is 0. The van der Waals surface area contributed by atoms with Crippen molar-refractivity contribution >= 4 is 40.2 Å². The molecule has 2 rings (SSSR count). The Morgan fingerprint density at radius 3 is 2.43 bits per heavy atom. The Labute approximate surface area is 96.1 Å². The second kappa shape index (κ2) is 3.81. The summed E-state index contributed by atoms with van der Waals surface area (Å²) in [5.41, 5.74) is 7.26. The molecule has 0 aliphatic carbocycles. The van der Waals surface area contributed by atoms with Crippen LogP contribution in [0.5, 0.6) is 0 Å². The third-order valence-electron chi connectivity index (χ3n) is 1.86. The molecule has 0 fully saturated rings. The van der Waals surface area contributed by atoms with Gasteiger partial charge >= 0.3 is 0 Å². The smallest absolute Gasteiger partial charge is 0.0934 e. The predicted molar refractivity (Wildman–Crippen MR) is 64.2 cm³/mol. The van der Waals surface area contributed by atoms with Gasteiger partial charge in [-0.3, -0.25) is 0 Å². The van der Waals surface area contributed by atoms with E-state index >= 15 is 0 Å². The van der Waals surface area contributed by atoms with Crippen LogP contribution in [0.15, 0.2) is 30.3 Å². The minimum Gasteiger partial charge on any atom is -0.398 e. The van der Waals surface area contributed by atoms with Crippen molar-refractivity contribution in [1.82, 2.24) is 0 Å². The maximum atomic E-state index is 5.92. The summed E-state index contributed by atoms with van der Waals surface area (Å²) in [4.78, 5) is 1.09. The molecule has 0 atom stereocenters. The van der Waals surface area contributed by atoms with Gasteiger partial charge in [-0.1, -0.05) is 29.3 Å². The van der Waals surface area contributed by atoms with Crippen LogP contribution in [0.2, 0.25) is 9.36 Å². The Bertz CT molecular complexity index is 465. The molecule has 1 nitrogen and oxygen atoms in total. The highest BCUT2D eigenvalue weighted by molar-refractivity contribution is 7.19. The van der Waals surface area contributed by atoms with Crippen LogP contribution >= 0.6 is 34.5 Å². The Morgan fingerprint density at radius 1 is 1.07 bits per heavy atom. The lowest BCUT2D eigenvalue weighted by Gasteiger charge is -2.00. The molecule has 2 aromatic rings. The monoisotopic (exact) mass is 243 g/mol. The molecule has 0 aliphatic heterocycles. The molecular formula is C10H7Cl2NS. The highest BCUT2D eigenvalue weighted by atomic mass is 35.5. The average molecular weight is 244 g/mol. The van der Waals surface area contributed by atoms with Gasteiger partial charge in [0.25, 0.3) is 0 Å². The summed E-state index contributed by atoms with van der Waals surface area (Å²) in [5.74, 6) is 0. The molecule has 0 radical (unpaired) electrons. The molecule has 0 spiro atoms. The van der Waals surface area contributed by atoms with Gasteiger partial charge in [-0.05, 0) is 29.8 Å². The van der Waals surface area contributed by atoms with Crippen LogP contribution in [0.4, 0.5) is 5.69 Å². The van der Waals surface area contributed by atoms with E-state index in [0.717, 1.165) is 14.8 Å². The van der Waals surface area contributed by atoms with Crippen molar-refractivity contribution in [3.05, 3.63) is 39.7 Å². The van der Waals surface area contributed by atoms with E-state index in [2.05, 4.69) is 0 Å². The summed E-state index contributed by atoms with van der Waals surface area (Å²) in [5, 5.41) is 0.576. The maximum absolute atomic E-state index is 5.92. The summed E-state index contributed by atoms with van der Waals surface area (Å²) in [6.45, 7) is 0. The fourth-order valence-corrected chi connectivity index (χ4v) is 2.37. The van der Waals surface area contributed by atoms with Gasteiger partial charge in [0.2, 0.25) is 0 Å². The molecule has 0 saturated heterocycles. The molecule has 0 saturated carbocycles. The molecule has 0 bridgehead atoms. The number of hydrogen-bond acceptors (Lipinski definition) is 2. The minimum absolute atomic E-state index is 0.576. The lowest BCUT2D eigenvalue weighted by molar-refractivity contribution is 1.67. The largest absolute Gasteiger partial charge is 0.398 e. The van der Waals surface area contributed by atoms with Gasteiger partial charge in [0, 0.05) is 4.88 Å². The zero-order valence-electron chi connectivity index (χ0n) is 7.13. The molecule has 72 valence electrons. The molecule has 0 unspecified atom stereocenters. The van der Waals surface area contributed by atoms with E-state index in [1.165, 1.54) is 11.3 Å². The van der Waals surface area contributed by atoms with Gasteiger partial charge in [-0.15, -0.1) is 11.3 Å². The summed E-state index contributed by atoms with van der Waals surface area (Å²) >= 11 is 13.3. The Morgan fingerprint density at radius 2 is 1.86 bits per heavy atom. The SMILES string of the molecule is Nc1ccc(-c2ccc(Cl)s2)cc1Cl. The van der Waals surface area contributed by atoms with Gasteiger partial charge in [0.1, 0.15) is 0 Å². The van der Waals surface area contributed by atoms with Crippen LogP contribution in [-0.4, -0.2) is 0 Å². The van der Waals surface area contributed by atoms with E-state index in [9.17, 15) is 0 Å². The van der Waals surface area contributed by atoms with Crippen molar-refractivity contribution in [3.8, 4) is 10.4 Å². The van der Waals surface area contributed by atoms with Crippen LogP contribution in [-0.2, 0) is 0 Å². The third-order valence-corrected chi connectivity index (χ3v) is 3.47. The number of halogens is 2. The van der Waals surface area contributed by atoms with E-state index in [4.69, 9.17) is 28.9 Å². The molecular weight excluding hydrogens is 237 g/mol. The Hall–Kier alpha value is -0.700. The Kier molecular flexibility index (Phi) is 2.68. The van der Waals surface area contributed by atoms with E-state index in [1.54, 1.807) is 6.07 Å². The van der Waals surface area contributed by atoms with Gasteiger partial charge in [-0.25, -0.2) is 0 Å². The highest BCUT2D eigenvalue weighted by Gasteiger charge is 2.03. The van der Waals surface area contributed by atoms with Crippen LogP contribution in [0, 0.1) is 0 Å². The normalized spacial score (nSPS) is 10.4. The van der Waals surface area contributed by atoms with Crippen LogP contribution in [0.1, 0.15) is 0 Å². The lowest BCUT2D eigenvalue weighted by Crippen LogP contribution is -1.85. The quantitative estimate of drug-likeness (QED) is 0.743. The molecule has 14 heavy (non-hydrogen) atoms. The highest BCUT2D eigenvalue weighted by Crippen LogP contribution is 2.33. The average Bonchev–Trinajstić information content (AvgIpc) is 2.57. The topological polar surface area (TPSA) is 26.0 Å². The van der Waals surface area contributed by atoms with E-state index in [1.807, 2.05) is 24.3 Å². The first-order valence-electron chi connectivity index (χ1n) is 3.97. The summed E-state index contributed by atoms with van der Waals surface area (Å²) in [7, 11) is 0. The molecule has 4 heteroatoms. The maximum Gasteiger partial charge on any atom is 0.0934 e. The van der Waals surface area contributed by atoms with Crippen molar-refractivity contribution in [3.63, 3.8) is 0 Å². The second-order valence-corrected chi connectivity index (χ2v) is 4.96. The standard InChI is InChI=1S/C10H7Cl2NS/c11-7-5-6(1-2-8(7)13)9-3-4-10(12)14-9/h1-5H,13H2. The number of thiophene rings is 1. The first-order valence-corrected chi connectivity index (χ1v) is 5.55. The molecule has 0 aliphatic rings. The zero-order valence-corrected chi connectivity index (χ0v) is 9.46. The number of benzene rings is 1. The first kappa shape index (κ1) is 9.84. The number of nitrogens with two attached hydrogens (primary N) is 1. The summed E-state index contributed by atoms with van der Waals surface area (Å²) in [6.07, 6.45) is 0. The fourth-order valence-electron chi connectivity index (χ4n) is 1.15.